The Hall–Kier alpha value is -2.14. The van der Waals surface area contributed by atoms with Crippen LogP contribution in [0.2, 0.25) is 0 Å². The second kappa shape index (κ2) is 8.04. The first-order valence-corrected chi connectivity index (χ1v) is 9.62. The third-order valence-electron chi connectivity index (χ3n) is 5.08. The van der Waals surface area contributed by atoms with Crippen molar-refractivity contribution in [2.75, 3.05) is 43.4 Å². The van der Waals surface area contributed by atoms with E-state index in [1.54, 1.807) is 0 Å². The summed E-state index contributed by atoms with van der Waals surface area (Å²) in [4.78, 5) is 14.0. The van der Waals surface area contributed by atoms with Gasteiger partial charge in [0.05, 0.1) is 0 Å². The Morgan fingerprint density at radius 2 is 1.54 bits per heavy atom. The molecule has 0 radical (unpaired) electrons. The van der Waals surface area contributed by atoms with Gasteiger partial charge in [-0.3, -0.25) is 0 Å². The van der Waals surface area contributed by atoms with Crippen LogP contribution in [0.25, 0.3) is 0 Å². The van der Waals surface area contributed by atoms with E-state index < -0.39 is 0 Å². The minimum Gasteiger partial charge on any atom is -0.354 e. The van der Waals surface area contributed by atoms with Gasteiger partial charge in [-0.15, -0.1) is 0 Å². The zero-order valence-corrected chi connectivity index (χ0v) is 16.7. The molecule has 5 heteroatoms. The van der Waals surface area contributed by atoms with Crippen molar-refractivity contribution in [2.24, 2.45) is 0 Å². The van der Waals surface area contributed by atoms with Gasteiger partial charge in [0.1, 0.15) is 5.82 Å². The number of likely N-dealkylation sites (N-methyl/N-ethyl adjacent to an activating group) is 1. The van der Waals surface area contributed by atoms with Crippen LogP contribution >= 0.6 is 0 Å². The first kappa shape index (κ1) is 18.6. The topological polar surface area (TPSA) is 44.3 Å². The number of nitrogens with one attached hydrogen (secondary N) is 1. The molecule has 1 saturated heterocycles. The summed E-state index contributed by atoms with van der Waals surface area (Å²) in [5, 5.41) is 3.53. The van der Waals surface area contributed by atoms with Crippen molar-refractivity contribution in [3.8, 4) is 0 Å². The molecule has 1 N–H and O–H groups in total. The Bertz CT molecular complexity index is 707. The smallest absolute Gasteiger partial charge is 0.229 e. The highest BCUT2D eigenvalue weighted by molar-refractivity contribution is 5.66. The molecule has 0 atom stereocenters. The molecule has 1 aliphatic rings. The third-order valence-corrected chi connectivity index (χ3v) is 5.08. The fourth-order valence-corrected chi connectivity index (χ4v) is 3.43. The van der Waals surface area contributed by atoms with Gasteiger partial charge in [0, 0.05) is 38.1 Å². The van der Waals surface area contributed by atoms with Crippen LogP contribution in [0, 0.1) is 0 Å². The molecular weight excluding hydrogens is 322 g/mol. The Morgan fingerprint density at radius 3 is 2.12 bits per heavy atom. The maximum Gasteiger partial charge on any atom is 0.229 e. The highest BCUT2D eigenvalue weighted by Gasteiger charge is 2.18. The lowest BCUT2D eigenvalue weighted by molar-refractivity contribution is 0.312. The summed E-state index contributed by atoms with van der Waals surface area (Å²) in [5.74, 6) is 2.56. The molecule has 5 nitrogen and oxygen atoms in total. The average Bonchev–Trinajstić information content (AvgIpc) is 2.62. The van der Waals surface area contributed by atoms with Crippen molar-refractivity contribution in [1.82, 2.24) is 14.9 Å². The number of para-hydroxylation sites is 1. The summed E-state index contributed by atoms with van der Waals surface area (Å²) in [5.41, 5.74) is 3.78. The predicted octanol–water partition coefficient (Wildman–Crippen LogP) is 4.22. The molecule has 2 aromatic rings. The van der Waals surface area contributed by atoms with Gasteiger partial charge in [0.15, 0.2) is 0 Å². The second-order valence-corrected chi connectivity index (χ2v) is 7.77. The van der Waals surface area contributed by atoms with Crippen LogP contribution in [0.1, 0.15) is 50.7 Å². The summed E-state index contributed by atoms with van der Waals surface area (Å²) in [6, 6.07) is 8.55. The lowest BCUT2D eigenvalue weighted by Gasteiger charge is -2.33. The van der Waals surface area contributed by atoms with E-state index in [-0.39, 0.29) is 0 Å². The molecule has 1 fully saturated rings. The summed E-state index contributed by atoms with van der Waals surface area (Å²) in [6.45, 7) is 13.1. The van der Waals surface area contributed by atoms with Gasteiger partial charge < -0.3 is 15.1 Å². The summed E-state index contributed by atoms with van der Waals surface area (Å²) < 4.78 is 0. The molecule has 0 amide bonds. The standard InChI is InChI=1S/C21H31N5/c1-15(2)17-7-6-8-18(16(3)4)20(17)24-21-22-10-9-19(23-21)26-13-11-25(5)12-14-26/h6-10,15-16H,11-14H2,1-5H3,(H,22,23,24). The van der Waals surface area contributed by atoms with Crippen LogP contribution in [0.15, 0.2) is 30.5 Å². The fourth-order valence-electron chi connectivity index (χ4n) is 3.43. The predicted molar refractivity (Wildman–Crippen MR) is 110 cm³/mol. The van der Waals surface area contributed by atoms with Crippen LogP contribution in [-0.2, 0) is 0 Å². The fraction of sp³-hybridized carbons (Fsp3) is 0.524. The summed E-state index contributed by atoms with van der Waals surface area (Å²) in [6.07, 6.45) is 1.86. The van der Waals surface area contributed by atoms with Crippen molar-refractivity contribution >= 4 is 17.5 Å². The highest BCUT2D eigenvalue weighted by Crippen LogP contribution is 2.34. The van der Waals surface area contributed by atoms with E-state index in [1.807, 2.05) is 12.3 Å². The Kier molecular flexibility index (Phi) is 5.77. The maximum atomic E-state index is 4.80. The molecule has 3 rings (SSSR count). The molecule has 0 saturated carbocycles. The molecular formula is C21H31N5. The summed E-state index contributed by atoms with van der Waals surface area (Å²) >= 11 is 0. The molecule has 0 unspecified atom stereocenters. The molecule has 1 aliphatic heterocycles. The van der Waals surface area contributed by atoms with Crippen molar-refractivity contribution in [3.63, 3.8) is 0 Å². The number of benzene rings is 1. The Labute approximate surface area is 157 Å². The molecule has 1 aromatic heterocycles. The number of rotatable bonds is 5. The Morgan fingerprint density at radius 1 is 0.923 bits per heavy atom. The highest BCUT2D eigenvalue weighted by atomic mass is 15.3. The van der Waals surface area contributed by atoms with Gasteiger partial charge in [0.2, 0.25) is 5.95 Å². The number of hydrogen-bond acceptors (Lipinski definition) is 5. The van der Waals surface area contributed by atoms with E-state index in [9.17, 15) is 0 Å². The zero-order valence-electron chi connectivity index (χ0n) is 16.7. The van der Waals surface area contributed by atoms with Gasteiger partial charge in [-0.25, -0.2) is 4.98 Å². The van der Waals surface area contributed by atoms with Gasteiger partial charge in [0.25, 0.3) is 0 Å². The molecule has 2 heterocycles. The number of aromatic nitrogens is 2. The van der Waals surface area contributed by atoms with Crippen LogP contribution in [0.4, 0.5) is 17.5 Å². The normalized spacial score (nSPS) is 15.7. The van der Waals surface area contributed by atoms with E-state index in [2.05, 4.69) is 73.0 Å². The largest absolute Gasteiger partial charge is 0.354 e. The molecule has 0 bridgehead atoms. The van der Waals surface area contributed by atoms with E-state index >= 15 is 0 Å². The monoisotopic (exact) mass is 353 g/mol. The number of piperazine rings is 1. The van der Waals surface area contributed by atoms with E-state index in [4.69, 9.17) is 4.98 Å². The van der Waals surface area contributed by atoms with E-state index in [1.165, 1.54) is 11.1 Å². The van der Waals surface area contributed by atoms with Gasteiger partial charge in [-0.05, 0) is 36.1 Å². The lowest BCUT2D eigenvalue weighted by Crippen LogP contribution is -2.44. The molecule has 26 heavy (non-hydrogen) atoms. The molecule has 140 valence electrons. The molecule has 1 aromatic carbocycles. The third kappa shape index (κ3) is 4.15. The van der Waals surface area contributed by atoms with Gasteiger partial charge in [-0.2, -0.15) is 4.98 Å². The lowest BCUT2D eigenvalue weighted by atomic mass is 9.93. The van der Waals surface area contributed by atoms with Crippen LogP contribution in [-0.4, -0.2) is 48.1 Å². The van der Waals surface area contributed by atoms with Crippen LogP contribution in [0.5, 0.6) is 0 Å². The van der Waals surface area contributed by atoms with Crippen LogP contribution in [0.3, 0.4) is 0 Å². The first-order valence-electron chi connectivity index (χ1n) is 9.62. The number of anilines is 3. The first-order chi connectivity index (χ1) is 12.5. The van der Waals surface area contributed by atoms with Crippen molar-refractivity contribution in [2.45, 2.75) is 39.5 Å². The number of hydrogen-bond donors (Lipinski definition) is 1. The SMILES string of the molecule is CC(C)c1cccc(C(C)C)c1Nc1nccc(N2CCN(C)CC2)n1. The minimum atomic E-state index is 0.442. The van der Waals surface area contributed by atoms with E-state index in [0.717, 1.165) is 37.7 Å². The second-order valence-electron chi connectivity index (χ2n) is 7.77. The minimum absolute atomic E-state index is 0.442. The average molecular weight is 354 g/mol. The number of nitrogens with zero attached hydrogens (tertiary/aromatic N) is 4. The maximum absolute atomic E-state index is 4.80. The van der Waals surface area contributed by atoms with Crippen molar-refractivity contribution in [1.29, 1.82) is 0 Å². The molecule has 0 aliphatic carbocycles. The van der Waals surface area contributed by atoms with Crippen molar-refractivity contribution in [3.05, 3.63) is 41.6 Å². The van der Waals surface area contributed by atoms with Gasteiger partial charge >= 0.3 is 0 Å². The molecule has 0 spiro atoms. The summed E-state index contributed by atoms with van der Waals surface area (Å²) in [7, 11) is 2.17. The van der Waals surface area contributed by atoms with E-state index in [0.29, 0.717) is 17.8 Å². The zero-order chi connectivity index (χ0) is 18.7. The van der Waals surface area contributed by atoms with Crippen LogP contribution < -0.4 is 10.2 Å². The quantitative estimate of drug-likeness (QED) is 0.872. The van der Waals surface area contributed by atoms with Crippen molar-refractivity contribution < 1.29 is 0 Å². The Balaban J connectivity index is 1.89. The van der Waals surface area contributed by atoms with Gasteiger partial charge in [-0.1, -0.05) is 45.9 Å².